The van der Waals surface area contributed by atoms with Crippen LogP contribution in [0.1, 0.15) is 30.1 Å². The average Bonchev–Trinajstić information content (AvgIpc) is 3.20. The summed E-state index contributed by atoms with van der Waals surface area (Å²) in [6.45, 7) is 3.10. The molecule has 11 heteroatoms. The molecule has 0 spiro atoms. The van der Waals surface area contributed by atoms with E-state index in [-0.39, 0.29) is 34.7 Å². The van der Waals surface area contributed by atoms with Crippen molar-refractivity contribution in [1.29, 1.82) is 0 Å². The number of hydrogen-bond donors (Lipinski definition) is 1. The molecule has 0 radical (unpaired) electrons. The number of sulfonamides is 1. The molecule has 158 valence electrons. The van der Waals surface area contributed by atoms with Gasteiger partial charge in [-0.3, -0.25) is 4.98 Å². The minimum absolute atomic E-state index is 0.0342. The molecule has 3 rings (SSSR count). The van der Waals surface area contributed by atoms with Gasteiger partial charge >= 0.3 is 5.97 Å². The van der Waals surface area contributed by atoms with Crippen molar-refractivity contribution in [2.24, 2.45) is 0 Å². The molecule has 0 fully saturated rings. The first-order chi connectivity index (χ1) is 14.3. The lowest BCUT2D eigenvalue weighted by molar-refractivity contribution is 0.0429. The van der Waals surface area contributed by atoms with Gasteiger partial charge in [-0.05, 0) is 44.2 Å². The van der Waals surface area contributed by atoms with Crippen molar-refractivity contribution in [1.82, 2.24) is 19.8 Å². The summed E-state index contributed by atoms with van der Waals surface area (Å²) in [7, 11) is -2.54. The summed E-state index contributed by atoms with van der Waals surface area (Å²) in [6.07, 6.45) is 3.19. The molecule has 2 heterocycles. The maximum absolute atomic E-state index is 12.5. The summed E-state index contributed by atoms with van der Waals surface area (Å²) < 4.78 is 42.9. The molecule has 0 atom stereocenters. The number of benzene rings is 1. The van der Waals surface area contributed by atoms with E-state index in [1.54, 1.807) is 38.4 Å². The molecule has 0 aliphatic heterocycles. The second-order valence-electron chi connectivity index (χ2n) is 6.47. The molecule has 0 saturated heterocycles. The lowest BCUT2D eigenvalue weighted by Gasteiger charge is -2.13. The van der Waals surface area contributed by atoms with Gasteiger partial charge in [0, 0.05) is 24.0 Å². The number of rotatable bonds is 8. The number of carbonyl (C=O) groups is 1. The topological polar surface area (TPSA) is 134 Å². The van der Waals surface area contributed by atoms with Crippen LogP contribution in [0.3, 0.4) is 0 Å². The summed E-state index contributed by atoms with van der Waals surface area (Å²) in [4.78, 5) is 20.4. The van der Waals surface area contributed by atoms with Crippen molar-refractivity contribution in [3.63, 3.8) is 0 Å². The first kappa shape index (κ1) is 21.4. The Kier molecular flexibility index (Phi) is 6.43. The number of methoxy groups -OCH3 is 1. The Morgan fingerprint density at radius 3 is 2.73 bits per heavy atom. The van der Waals surface area contributed by atoms with Gasteiger partial charge in [0.15, 0.2) is 6.61 Å². The van der Waals surface area contributed by atoms with Crippen molar-refractivity contribution in [2.75, 3.05) is 7.11 Å². The van der Waals surface area contributed by atoms with Crippen LogP contribution in [0, 0.1) is 0 Å². The van der Waals surface area contributed by atoms with Gasteiger partial charge in [-0.2, -0.15) is 4.98 Å². The lowest BCUT2D eigenvalue weighted by Crippen LogP contribution is -2.30. The van der Waals surface area contributed by atoms with Crippen LogP contribution in [0.25, 0.3) is 11.4 Å². The maximum Gasteiger partial charge on any atom is 0.338 e. The summed E-state index contributed by atoms with van der Waals surface area (Å²) >= 11 is 0. The molecule has 0 bridgehead atoms. The molecule has 10 nitrogen and oxygen atoms in total. The zero-order valence-corrected chi connectivity index (χ0v) is 17.3. The standard InChI is InChI=1S/C19H20N4O6S/c1-12(2)23-30(25,26)16-9-13(6-7-15(16)27-3)19(24)28-11-17-21-18(22-29-17)14-5-4-8-20-10-14/h4-10,12,23H,11H2,1-3H3. The average molecular weight is 432 g/mol. The number of ether oxygens (including phenoxy) is 2. The largest absolute Gasteiger partial charge is 0.495 e. The van der Waals surface area contributed by atoms with Gasteiger partial charge < -0.3 is 14.0 Å². The highest BCUT2D eigenvalue weighted by molar-refractivity contribution is 7.89. The Bertz CT molecular complexity index is 1130. The third-order valence-electron chi connectivity index (χ3n) is 3.79. The van der Waals surface area contributed by atoms with Crippen LogP contribution < -0.4 is 9.46 Å². The monoisotopic (exact) mass is 432 g/mol. The Balaban J connectivity index is 1.74. The fourth-order valence-electron chi connectivity index (χ4n) is 2.52. The fraction of sp³-hybridized carbons (Fsp3) is 0.263. The second kappa shape index (κ2) is 9.01. The van der Waals surface area contributed by atoms with Crippen LogP contribution in [0.5, 0.6) is 5.75 Å². The molecule has 2 aromatic heterocycles. The van der Waals surface area contributed by atoms with Crippen LogP contribution in [0.4, 0.5) is 0 Å². The van der Waals surface area contributed by atoms with Gasteiger partial charge in [0.25, 0.3) is 5.89 Å². The number of aromatic nitrogens is 3. The van der Waals surface area contributed by atoms with Crippen molar-refractivity contribution >= 4 is 16.0 Å². The number of hydrogen-bond acceptors (Lipinski definition) is 9. The first-order valence-corrected chi connectivity index (χ1v) is 10.4. The van der Waals surface area contributed by atoms with E-state index >= 15 is 0 Å². The molecule has 1 N–H and O–H groups in total. The number of nitrogens with zero attached hydrogens (tertiary/aromatic N) is 3. The number of pyridine rings is 1. The minimum Gasteiger partial charge on any atom is -0.495 e. The Labute approximate surface area is 173 Å². The molecule has 30 heavy (non-hydrogen) atoms. The highest BCUT2D eigenvalue weighted by Crippen LogP contribution is 2.25. The van der Waals surface area contributed by atoms with E-state index in [1.165, 1.54) is 25.3 Å². The molecule has 0 aliphatic rings. The molecule has 0 unspecified atom stereocenters. The lowest BCUT2D eigenvalue weighted by atomic mass is 10.2. The van der Waals surface area contributed by atoms with E-state index < -0.39 is 16.0 Å². The van der Waals surface area contributed by atoms with E-state index in [1.807, 2.05) is 0 Å². The number of esters is 1. The van der Waals surface area contributed by atoms with Crippen molar-refractivity contribution in [3.05, 3.63) is 54.2 Å². The first-order valence-electron chi connectivity index (χ1n) is 8.90. The van der Waals surface area contributed by atoms with Crippen molar-refractivity contribution in [3.8, 4) is 17.1 Å². The van der Waals surface area contributed by atoms with E-state index in [2.05, 4.69) is 19.8 Å². The third-order valence-corrected chi connectivity index (χ3v) is 5.47. The highest BCUT2D eigenvalue weighted by atomic mass is 32.2. The Morgan fingerprint density at radius 1 is 1.27 bits per heavy atom. The zero-order chi connectivity index (χ0) is 21.7. The second-order valence-corrected chi connectivity index (χ2v) is 8.15. The summed E-state index contributed by atoms with van der Waals surface area (Å²) in [5, 5.41) is 3.81. The van der Waals surface area contributed by atoms with Crippen LogP contribution in [-0.2, 0) is 21.4 Å². The van der Waals surface area contributed by atoms with Gasteiger partial charge in [-0.1, -0.05) is 5.16 Å². The number of nitrogens with one attached hydrogen (secondary N) is 1. The molecule has 0 amide bonds. The van der Waals surface area contributed by atoms with E-state index in [9.17, 15) is 13.2 Å². The van der Waals surface area contributed by atoms with E-state index in [0.717, 1.165) is 0 Å². The predicted octanol–water partition coefficient (Wildman–Crippen LogP) is 2.18. The number of carbonyl (C=O) groups excluding carboxylic acids is 1. The molecule has 0 saturated carbocycles. The van der Waals surface area contributed by atoms with Crippen LogP contribution in [0.15, 0.2) is 52.1 Å². The Hall–Kier alpha value is -3.31. The van der Waals surface area contributed by atoms with Crippen molar-refractivity contribution < 1.29 is 27.2 Å². The molecule has 1 aromatic carbocycles. The van der Waals surface area contributed by atoms with Gasteiger partial charge in [-0.15, -0.1) is 0 Å². The van der Waals surface area contributed by atoms with Gasteiger partial charge in [0.2, 0.25) is 15.8 Å². The van der Waals surface area contributed by atoms with Gasteiger partial charge in [0.1, 0.15) is 10.6 Å². The molecular weight excluding hydrogens is 412 g/mol. The summed E-state index contributed by atoms with van der Waals surface area (Å²) in [5.74, 6) is -0.241. The van der Waals surface area contributed by atoms with E-state index in [0.29, 0.717) is 11.4 Å². The SMILES string of the molecule is COc1ccc(C(=O)OCc2nc(-c3cccnc3)no2)cc1S(=O)(=O)NC(C)C. The van der Waals surface area contributed by atoms with Crippen molar-refractivity contribution in [2.45, 2.75) is 31.4 Å². The normalized spacial score (nSPS) is 11.5. The highest BCUT2D eigenvalue weighted by Gasteiger charge is 2.23. The minimum atomic E-state index is -3.88. The molecule has 3 aromatic rings. The maximum atomic E-state index is 12.5. The quantitative estimate of drug-likeness (QED) is 0.532. The summed E-state index contributed by atoms with van der Waals surface area (Å²) in [6, 6.07) is 7.15. The zero-order valence-electron chi connectivity index (χ0n) is 16.5. The molecular formula is C19H20N4O6S. The third kappa shape index (κ3) is 4.99. The van der Waals surface area contributed by atoms with Gasteiger partial charge in [-0.25, -0.2) is 17.9 Å². The smallest absolute Gasteiger partial charge is 0.338 e. The van der Waals surface area contributed by atoms with Gasteiger partial charge in [0.05, 0.1) is 12.7 Å². The van der Waals surface area contributed by atoms with Crippen LogP contribution in [0.2, 0.25) is 0 Å². The van der Waals surface area contributed by atoms with Crippen LogP contribution >= 0.6 is 0 Å². The fourth-order valence-corrected chi connectivity index (χ4v) is 3.97. The van der Waals surface area contributed by atoms with Crippen LogP contribution in [-0.4, -0.2) is 42.7 Å². The summed E-state index contributed by atoms with van der Waals surface area (Å²) in [5.41, 5.74) is 0.688. The van der Waals surface area contributed by atoms with E-state index in [4.69, 9.17) is 14.0 Å². The molecule has 0 aliphatic carbocycles. The Morgan fingerprint density at radius 2 is 2.07 bits per heavy atom. The predicted molar refractivity (Wildman–Crippen MR) is 105 cm³/mol.